The highest BCUT2D eigenvalue weighted by Gasteiger charge is 2.44. The van der Waals surface area contributed by atoms with Gasteiger partial charge in [0.2, 0.25) is 5.91 Å². The molecule has 0 aromatic carbocycles. The van der Waals surface area contributed by atoms with Gasteiger partial charge < -0.3 is 10.4 Å². The van der Waals surface area contributed by atoms with Crippen molar-refractivity contribution in [3.05, 3.63) is 0 Å². The Morgan fingerprint density at radius 1 is 1.05 bits per heavy atom. The van der Waals surface area contributed by atoms with E-state index in [9.17, 15) is 14.7 Å². The first-order valence-electron chi connectivity index (χ1n) is 7.57. The number of aliphatic carboxylic acids is 1. The maximum Gasteiger partial charge on any atom is 0.307 e. The summed E-state index contributed by atoms with van der Waals surface area (Å²) in [4.78, 5) is 23.6. The molecule has 19 heavy (non-hydrogen) atoms. The van der Waals surface area contributed by atoms with Gasteiger partial charge in [0, 0.05) is 6.04 Å². The summed E-state index contributed by atoms with van der Waals surface area (Å²) in [6, 6.07) is 0.316. The zero-order valence-electron chi connectivity index (χ0n) is 11.5. The third-order valence-corrected chi connectivity index (χ3v) is 5.52. The summed E-state index contributed by atoms with van der Waals surface area (Å²) in [5, 5.41) is 12.4. The second kappa shape index (κ2) is 4.80. The van der Waals surface area contributed by atoms with E-state index in [0.29, 0.717) is 24.3 Å². The van der Waals surface area contributed by atoms with E-state index in [1.54, 1.807) is 0 Å². The molecule has 1 amide bonds. The van der Waals surface area contributed by atoms with E-state index in [4.69, 9.17) is 0 Å². The summed E-state index contributed by atoms with van der Waals surface area (Å²) in [7, 11) is 0. The molecular weight excluding hydrogens is 242 g/mol. The first-order chi connectivity index (χ1) is 9.04. The standard InChI is InChI=1S/C15H23NO3/c1-8-4-11(12(5-8)15(18)19)14(17)16-13-7-9-2-3-10(13)6-9/h8-13H,2-7H2,1H3,(H,16,17)(H,18,19). The molecular formula is C15H23NO3. The molecule has 0 saturated heterocycles. The lowest BCUT2D eigenvalue weighted by molar-refractivity contribution is -0.146. The highest BCUT2D eigenvalue weighted by Crippen LogP contribution is 2.45. The van der Waals surface area contributed by atoms with Crippen LogP contribution >= 0.6 is 0 Å². The Balaban J connectivity index is 1.62. The molecule has 0 radical (unpaired) electrons. The van der Waals surface area contributed by atoms with Crippen LogP contribution in [0, 0.1) is 29.6 Å². The average Bonchev–Trinajstić information content (AvgIpc) is 3.02. The lowest BCUT2D eigenvalue weighted by atomic mass is 9.92. The molecule has 0 heterocycles. The predicted octanol–water partition coefficient (Wildman–Crippen LogP) is 2.04. The lowest BCUT2D eigenvalue weighted by Crippen LogP contribution is -2.43. The normalized spacial score (nSPS) is 44.5. The zero-order chi connectivity index (χ0) is 13.6. The molecule has 6 unspecified atom stereocenters. The summed E-state index contributed by atoms with van der Waals surface area (Å²) in [6.07, 6.45) is 6.28. The highest BCUT2D eigenvalue weighted by molar-refractivity contribution is 5.85. The SMILES string of the molecule is CC1CC(C(=O)O)C(C(=O)NC2CC3CCC2C3)C1. The van der Waals surface area contributed by atoms with Crippen LogP contribution in [0.25, 0.3) is 0 Å². The van der Waals surface area contributed by atoms with E-state index in [1.807, 2.05) is 6.92 Å². The van der Waals surface area contributed by atoms with E-state index in [2.05, 4.69) is 5.32 Å². The smallest absolute Gasteiger partial charge is 0.307 e. The van der Waals surface area contributed by atoms with Crippen LogP contribution in [-0.2, 0) is 9.59 Å². The van der Waals surface area contributed by atoms with Gasteiger partial charge in [-0.25, -0.2) is 0 Å². The molecule has 106 valence electrons. The summed E-state index contributed by atoms with van der Waals surface area (Å²) < 4.78 is 0. The van der Waals surface area contributed by atoms with Gasteiger partial charge in [-0.1, -0.05) is 13.3 Å². The summed E-state index contributed by atoms with van der Waals surface area (Å²) in [5.74, 6) is 0.188. The van der Waals surface area contributed by atoms with Gasteiger partial charge in [0.15, 0.2) is 0 Å². The van der Waals surface area contributed by atoms with Gasteiger partial charge in [-0.15, -0.1) is 0 Å². The van der Waals surface area contributed by atoms with Gasteiger partial charge in [0.25, 0.3) is 0 Å². The van der Waals surface area contributed by atoms with Crippen molar-refractivity contribution in [3.8, 4) is 0 Å². The number of hydrogen-bond acceptors (Lipinski definition) is 2. The van der Waals surface area contributed by atoms with Crippen LogP contribution in [0.4, 0.5) is 0 Å². The molecule has 2 N–H and O–H groups in total. The number of fused-ring (bicyclic) bond motifs is 2. The van der Waals surface area contributed by atoms with Crippen molar-refractivity contribution < 1.29 is 14.7 Å². The van der Waals surface area contributed by atoms with Gasteiger partial charge in [-0.2, -0.15) is 0 Å². The number of carboxylic acids is 1. The number of nitrogens with one attached hydrogen (secondary N) is 1. The van der Waals surface area contributed by atoms with Crippen LogP contribution in [0.5, 0.6) is 0 Å². The number of hydrogen-bond donors (Lipinski definition) is 2. The molecule has 4 nitrogen and oxygen atoms in total. The van der Waals surface area contributed by atoms with Crippen molar-refractivity contribution in [2.24, 2.45) is 29.6 Å². The Kier molecular flexibility index (Phi) is 3.27. The molecule has 0 aliphatic heterocycles. The Labute approximate surface area is 113 Å². The van der Waals surface area contributed by atoms with Crippen LogP contribution in [0.1, 0.15) is 45.4 Å². The van der Waals surface area contributed by atoms with E-state index < -0.39 is 11.9 Å². The molecule has 3 aliphatic carbocycles. The molecule has 3 rings (SSSR count). The second-order valence-electron chi connectivity index (χ2n) is 6.92. The Morgan fingerprint density at radius 2 is 1.79 bits per heavy atom. The minimum absolute atomic E-state index is 0.00528. The fraction of sp³-hybridized carbons (Fsp3) is 0.867. The van der Waals surface area contributed by atoms with Crippen molar-refractivity contribution in [2.45, 2.75) is 51.5 Å². The second-order valence-corrected chi connectivity index (χ2v) is 6.92. The summed E-state index contributed by atoms with van der Waals surface area (Å²) >= 11 is 0. The third-order valence-electron chi connectivity index (χ3n) is 5.52. The van der Waals surface area contributed by atoms with Crippen LogP contribution in [0.15, 0.2) is 0 Å². The van der Waals surface area contributed by atoms with Crippen LogP contribution in [0.3, 0.4) is 0 Å². The van der Waals surface area contributed by atoms with Crippen molar-refractivity contribution in [3.63, 3.8) is 0 Å². The molecule has 2 bridgehead atoms. The fourth-order valence-corrected chi connectivity index (χ4v) is 4.57. The number of carboxylic acid groups (broad SMARTS) is 1. The number of carbonyl (C=O) groups excluding carboxylic acids is 1. The van der Waals surface area contributed by atoms with E-state index in [-0.39, 0.29) is 11.8 Å². The summed E-state index contributed by atoms with van der Waals surface area (Å²) in [5.41, 5.74) is 0. The summed E-state index contributed by atoms with van der Waals surface area (Å²) in [6.45, 7) is 2.04. The van der Waals surface area contributed by atoms with E-state index >= 15 is 0 Å². The molecule has 4 heteroatoms. The molecule has 3 fully saturated rings. The molecule has 6 atom stereocenters. The van der Waals surface area contributed by atoms with Gasteiger partial charge in [-0.05, 0) is 49.9 Å². The van der Waals surface area contributed by atoms with Gasteiger partial charge >= 0.3 is 5.97 Å². The first kappa shape index (κ1) is 12.9. The van der Waals surface area contributed by atoms with Crippen molar-refractivity contribution in [1.82, 2.24) is 5.32 Å². The van der Waals surface area contributed by atoms with Gasteiger partial charge in [0.05, 0.1) is 11.8 Å². The third kappa shape index (κ3) is 2.37. The molecule has 0 aromatic rings. The number of amides is 1. The number of carbonyl (C=O) groups is 2. The van der Waals surface area contributed by atoms with Gasteiger partial charge in [-0.3, -0.25) is 9.59 Å². The Bertz CT molecular complexity index is 395. The highest BCUT2D eigenvalue weighted by atomic mass is 16.4. The van der Waals surface area contributed by atoms with Crippen molar-refractivity contribution >= 4 is 11.9 Å². The predicted molar refractivity (Wildman–Crippen MR) is 70.4 cm³/mol. The van der Waals surface area contributed by atoms with E-state index in [1.165, 1.54) is 19.3 Å². The average molecular weight is 265 g/mol. The van der Waals surface area contributed by atoms with Gasteiger partial charge in [0.1, 0.15) is 0 Å². The maximum atomic E-state index is 12.4. The lowest BCUT2D eigenvalue weighted by Gasteiger charge is -2.25. The first-order valence-corrected chi connectivity index (χ1v) is 7.57. The largest absolute Gasteiger partial charge is 0.481 e. The topological polar surface area (TPSA) is 66.4 Å². The molecule has 3 aliphatic rings. The zero-order valence-corrected chi connectivity index (χ0v) is 11.5. The van der Waals surface area contributed by atoms with Crippen molar-refractivity contribution in [2.75, 3.05) is 0 Å². The molecule has 3 saturated carbocycles. The van der Waals surface area contributed by atoms with Crippen LogP contribution in [-0.4, -0.2) is 23.0 Å². The van der Waals surface area contributed by atoms with Crippen LogP contribution in [0.2, 0.25) is 0 Å². The number of rotatable bonds is 3. The van der Waals surface area contributed by atoms with E-state index in [0.717, 1.165) is 18.8 Å². The van der Waals surface area contributed by atoms with Crippen LogP contribution < -0.4 is 5.32 Å². The van der Waals surface area contributed by atoms with Crippen molar-refractivity contribution in [1.29, 1.82) is 0 Å². The fourth-order valence-electron chi connectivity index (χ4n) is 4.57. The quantitative estimate of drug-likeness (QED) is 0.820. The Hall–Kier alpha value is -1.06. The maximum absolute atomic E-state index is 12.4. The molecule has 0 aromatic heterocycles. The minimum Gasteiger partial charge on any atom is -0.481 e. The minimum atomic E-state index is -0.808. The molecule has 0 spiro atoms. The monoisotopic (exact) mass is 265 g/mol. The Morgan fingerprint density at radius 3 is 2.37 bits per heavy atom.